The third-order valence-corrected chi connectivity index (χ3v) is 4.15. The van der Waals surface area contributed by atoms with Crippen LogP contribution >= 0.6 is 11.3 Å². The smallest absolute Gasteiger partial charge is 0.276 e. The topological polar surface area (TPSA) is 75.6 Å². The number of thiophene rings is 1. The molecule has 21 heavy (non-hydrogen) atoms. The minimum Gasteiger partial charge on any atom is -0.318 e. The van der Waals surface area contributed by atoms with E-state index in [1.54, 1.807) is 23.6 Å². The number of aryl methyl sites for hydroxylation is 1. The maximum absolute atomic E-state index is 12.2. The number of H-pyrrole nitrogens is 1. The fraction of sp³-hybridized carbons (Fsp3) is 0.214. The van der Waals surface area contributed by atoms with Crippen molar-refractivity contribution >= 4 is 22.9 Å². The fourth-order valence-corrected chi connectivity index (χ4v) is 2.76. The molecular formula is C14H15N5OS. The molecule has 3 aromatic rings. The molecule has 3 rings (SSSR count). The standard InChI is InChI=1S/C14H15N5OS/c1-3-19-9(2)12(8-15-19)16-14(20)11-7-10(17-18-11)13-5-4-6-21-13/h4-8H,3H2,1-2H3,(H,16,20)(H,17,18). The lowest BCUT2D eigenvalue weighted by Crippen LogP contribution is -2.13. The van der Waals surface area contributed by atoms with E-state index in [1.165, 1.54) is 0 Å². The minimum absolute atomic E-state index is 0.243. The molecule has 0 saturated heterocycles. The average molecular weight is 301 g/mol. The number of aromatic nitrogens is 4. The molecule has 6 nitrogen and oxygen atoms in total. The van der Waals surface area contributed by atoms with Gasteiger partial charge in [0, 0.05) is 6.54 Å². The highest BCUT2D eigenvalue weighted by Gasteiger charge is 2.14. The summed E-state index contributed by atoms with van der Waals surface area (Å²) in [5, 5.41) is 16.0. The molecule has 0 aliphatic heterocycles. The number of nitrogens with one attached hydrogen (secondary N) is 2. The normalized spacial score (nSPS) is 10.8. The molecule has 0 saturated carbocycles. The molecular weight excluding hydrogens is 286 g/mol. The number of nitrogens with zero attached hydrogens (tertiary/aromatic N) is 3. The molecule has 0 aliphatic carbocycles. The summed E-state index contributed by atoms with van der Waals surface area (Å²) in [7, 11) is 0. The number of hydrogen-bond donors (Lipinski definition) is 2. The molecule has 1 amide bonds. The third kappa shape index (κ3) is 2.59. The Kier molecular flexibility index (Phi) is 3.57. The van der Waals surface area contributed by atoms with E-state index in [0.717, 1.165) is 22.8 Å². The van der Waals surface area contributed by atoms with E-state index in [0.29, 0.717) is 11.4 Å². The van der Waals surface area contributed by atoms with Gasteiger partial charge in [-0.25, -0.2) is 0 Å². The largest absolute Gasteiger partial charge is 0.318 e. The van der Waals surface area contributed by atoms with Crippen LogP contribution in [0.2, 0.25) is 0 Å². The Morgan fingerprint density at radius 1 is 1.52 bits per heavy atom. The van der Waals surface area contributed by atoms with Gasteiger partial charge in [-0.1, -0.05) is 6.07 Å². The zero-order valence-electron chi connectivity index (χ0n) is 11.8. The highest BCUT2D eigenvalue weighted by atomic mass is 32.1. The summed E-state index contributed by atoms with van der Waals surface area (Å²) in [5.41, 5.74) is 2.85. The van der Waals surface area contributed by atoms with E-state index in [9.17, 15) is 4.79 Å². The fourth-order valence-electron chi connectivity index (χ4n) is 2.07. The van der Waals surface area contributed by atoms with E-state index in [-0.39, 0.29) is 5.91 Å². The van der Waals surface area contributed by atoms with Crippen LogP contribution in [0.15, 0.2) is 29.8 Å². The van der Waals surface area contributed by atoms with E-state index in [4.69, 9.17) is 0 Å². The van der Waals surface area contributed by atoms with Crippen LogP contribution in [0.1, 0.15) is 23.1 Å². The van der Waals surface area contributed by atoms with Gasteiger partial charge in [0.15, 0.2) is 5.69 Å². The molecule has 0 fully saturated rings. The van der Waals surface area contributed by atoms with Crippen molar-refractivity contribution in [1.29, 1.82) is 0 Å². The van der Waals surface area contributed by atoms with Gasteiger partial charge in [0.05, 0.1) is 28.1 Å². The molecule has 108 valence electrons. The first-order chi connectivity index (χ1) is 10.2. The molecule has 7 heteroatoms. The molecule has 0 aliphatic rings. The van der Waals surface area contributed by atoms with Crippen LogP contribution in [-0.2, 0) is 6.54 Å². The number of carbonyl (C=O) groups excluding carboxylic acids is 1. The first kappa shape index (κ1) is 13.6. The van der Waals surface area contributed by atoms with Gasteiger partial charge in [0.2, 0.25) is 0 Å². The zero-order valence-corrected chi connectivity index (χ0v) is 12.6. The van der Waals surface area contributed by atoms with E-state index >= 15 is 0 Å². The highest BCUT2D eigenvalue weighted by molar-refractivity contribution is 7.13. The SMILES string of the molecule is CCn1ncc(NC(=O)c2cc(-c3cccs3)[nH]n2)c1C. The first-order valence-electron chi connectivity index (χ1n) is 6.62. The van der Waals surface area contributed by atoms with Crippen molar-refractivity contribution in [3.8, 4) is 10.6 Å². The Labute approximate surface area is 125 Å². The van der Waals surface area contributed by atoms with Gasteiger partial charge in [0.1, 0.15) is 0 Å². The number of anilines is 1. The number of carbonyl (C=O) groups is 1. The van der Waals surface area contributed by atoms with Gasteiger partial charge < -0.3 is 5.32 Å². The molecule has 3 aromatic heterocycles. The van der Waals surface area contributed by atoms with Gasteiger partial charge in [-0.2, -0.15) is 10.2 Å². The third-order valence-electron chi connectivity index (χ3n) is 3.25. The molecule has 0 unspecified atom stereocenters. The molecule has 0 radical (unpaired) electrons. The summed E-state index contributed by atoms with van der Waals surface area (Å²) in [6.45, 7) is 4.70. The molecule has 0 bridgehead atoms. The Morgan fingerprint density at radius 2 is 2.38 bits per heavy atom. The summed E-state index contributed by atoms with van der Waals surface area (Å²) in [4.78, 5) is 13.3. The summed E-state index contributed by atoms with van der Waals surface area (Å²) >= 11 is 1.60. The van der Waals surface area contributed by atoms with Crippen LogP contribution in [0.3, 0.4) is 0 Å². The van der Waals surface area contributed by atoms with Gasteiger partial charge in [-0.3, -0.25) is 14.6 Å². The number of aromatic amines is 1. The lowest BCUT2D eigenvalue weighted by Gasteiger charge is -2.03. The maximum atomic E-state index is 12.2. The molecule has 0 spiro atoms. The predicted octanol–water partition coefficient (Wildman–Crippen LogP) is 2.92. The van der Waals surface area contributed by atoms with Crippen LogP contribution < -0.4 is 5.32 Å². The molecule has 2 N–H and O–H groups in total. The molecule has 0 atom stereocenters. The number of amides is 1. The van der Waals surface area contributed by atoms with Crippen LogP contribution in [0.25, 0.3) is 10.6 Å². The van der Waals surface area contributed by atoms with Gasteiger partial charge in [-0.15, -0.1) is 11.3 Å². The Hall–Kier alpha value is -2.41. The Morgan fingerprint density at radius 3 is 3.05 bits per heavy atom. The van der Waals surface area contributed by atoms with Gasteiger partial charge in [-0.05, 0) is 31.4 Å². The number of rotatable bonds is 4. The van der Waals surface area contributed by atoms with Crippen LogP contribution in [0.5, 0.6) is 0 Å². The Balaban J connectivity index is 1.78. The first-order valence-corrected chi connectivity index (χ1v) is 7.50. The van der Waals surface area contributed by atoms with Gasteiger partial charge >= 0.3 is 0 Å². The average Bonchev–Trinajstić information content (AvgIpc) is 3.19. The van der Waals surface area contributed by atoms with Crippen LogP contribution in [-0.4, -0.2) is 25.9 Å². The quantitative estimate of drug-likeness (QED) is 0.778. The monoisotopic (exact) mass is 301 g/mol. The van der Waals surface area contributed by atoms with Crippen molar-refractivity contribution in [2.75, 3.05) is 5.32 Å². The van der Waals surface area contributed by atoms with Crippen molar-refractivity contribution in [2.45, 2.75) is 20.4 Å². The number of hydrogen-bond acceptors (Lipinski definition) is 4. The zero-order chi connectivity index (χ0) is 14.8. The summed E-state index contributed by atoms with van der Waals surface area (Å²) in [6.07, 6.45) is 1.66. The second kappa shape index (κ2) is 5.53. The van der Waals surface area contributed by atoms with E-state index in [1.807, 2.05) is 36.0 Å². The summed E-state index contributed by atoms with van der Waals surface area (Å²) in [5.74, 6) is -0.243. The highest BCUT2D eigenvalue weighted by Crippen LogP contribution is 2.23. The lowest BCUT2D eigenvalue weighted by molar-refractivity contribution is 0.102. The summed E-state index contributed by atoms with van der Waals surface area (Å²) in [6, 6.07) is 5.69. The molecule has 3 heterocycles. The second-order valence-corrected chi connectivity index (χ2v) is 5.51. The van der Waals surface area contributed by atoms with Crippen molar-refractivity contribution in [2.24, 2.45) is 0 Å². The minimum atomic E-state index is -0.243. The molecule has 0 aromatic carbocycles. The van der Waals surface area contributed by atoms with Crippen LogP contribution in [0, 0.1) is 6.92 Å². The van der Waals surface area contributed by atoms with Gasteiger partial charge in [0.25, 0.3) is 5.91 Å². The van der Waals surface area contributed by atoms with Crippen molar-refractivity contribution in [1.82, 2.24) is 20.0 Å². The second-order valence-electron chi connectivity index (χ2n) is 4.56. The summed E-state index contributed by atoms with van der Waals surface area (Å²) < 4.78 is 1.83. The Bertz CT molecular complexity index is 756. The van der Waals surface area contributed by atoms with E-state index < -0.39 is 0 Å². The predicted molar refractivity (Wildman–Crippen MR) is 82.5 cm³/mol. The van der Waals surface area contributed by atoms with Crippen molar-refractivity contribution < 1.29 is 4.79 Å². The van der Waals surface area contributed by atoms with Crippen molar-refractivity contribution in [3.63, 3.8) is 0 Å². The van der Waals surface area contributed by atoms with Crippen molar-refractivity contribution in [3.05, 3.63) is 41.2 Å². The lowest BCUT2D eigenvalue weighted by atomic mass is 10.3. The van der Waals surface area contributed by atoms with Crippen LogP contribution in [0.4, 0.5) is 5.69 Å². The maximum Gasteiger partial charge on any atom is 0.276 e. The van der Waals surface area contributed by atoms with E-state index in [2.05, 4.69) is 20.6 Å².